The number of nitrogens with zero attached hydrogens (tertiary/aromatic N) is 2. The highest BCUT2D eigenvalue weighted by Gasteiger charge is 2.34. The van der Waals surface area contributed by atoms with Crippen molar-refractivity contribution < 1.29 is 14.3 Å². The number of hydrogen-bond donors (Lipinski definition) is 1. The molecule has 1 aromatic rings. The maximum absolute atomic E-state index is 13.1. The van der Waals surface area contributed by atoms with Crippen molar-refractivity contribution in [2.24, 2.45) is 0 Å². The molecule has 0 saturated heterocycles. The van der Waals surface area contributed by atoms with Crippen molar-refractivity contribution >= 4 is 40.2 Å². The fraction of sp³-hybridized carbons (Fsp3) is 0.750. The number of aromatic nitrogens is 1. The number of thiazole rings is 1. The van der Waals surface area contributed by atoms with E-state index in [0.717, 1.165) is 29.9 Å². The third-order valence-electron chi connectivity index (χ3n) is 5.53. The van der Waals surface area contributed by atoms with Gasteiger partial charge in [-0.05, 0) is 46.0 Å². The molecule has 8 heteroatoms. The van der Waals surface area contributed by atoms with Gasteiger partial charge in [0.1, 0.15) is 5.25 Å². The quantitative estimate of drug-likeness (QED) is 0.365. The van der Waals surface area contributed by atoms with E-state index in [1.165, 1.54) is 55.2 Å². The number of rotatable bonds is 7. The smallest absolute Gasteiger partial charge is 0.324 e. The number of esters is 1. The zero-order valence-electron chi connectivity index (χ0n) is 16.8. The minimum Gasteiger partial charge on any atom is -0.465 e. The van der Waals surface area contributed by atoms with Gasteiger partial charge in [0.25, 0.3) is 0 Å². The summed E-state index contributed by atoms with van der Waals surface area (Å²) >= 11 is 2.83. The summed E-state index contributed by atoms with van der Waals surface area (Å²) in [4.78, 5) is 31.4. The molecule has 6 nitrogen and oxygen atoms in total. The lowest BCUT2D eigenvalue weighted by atomic mass is 9.89. The molecule has 2 aliphatic carbocycles. The molecule has 1 atom stereocenters. The molecular formula is C20H31N3O3S2. The molecule has 2 aliphatic rings. The Hall–Kier alpha value is -1.28. The van der Waals surface area contributed by atoms with E-state index in [9.17, 15) is 9.59 Å². The molecule has 1 aromatic heterocycles. The van der Waals surface area contributed by atoms with Gasteiger partial charge < -0.3 is 9.64 Å². The number of ether oxygens (including phenoxy) is 1. The standard InChI is InChI=1S/C20H31N3O3S2/c1-3-26-18(24)14(2)27-17-13-21-19(28-17)22-20(25)23(16-11-8-12-16)15-9-6-4-5-7-10-15/h13-16H,3-12H2,1-2H3,(H,21,22,25). The summed E-state index contributed by atoms with van der Waals surface area (Å²) in [5.74, 6) is -0.226. The van der Waals surface area contributed by atoms with Crippen LogP contribution in [0.3, 0.4) is 0 Å². The molecule has 0 spiro atoms. The molecular weight excluding hydrogens is 394 g/mol. The van der Waals surface area contributed by atoms with E-state index in [-0.39, 0.29) is 17.3 Å². The van der Waals surface area contributed by atoms with Gasteiger partial charge in [-0.15, -0.1) is 0 Å². The lowest BCUT2D eigenvalue weighted by Gasteiger charge is -2.42. The van der Waals surface area contributed by atoms with Crippen molar-refractivity contribution in [1.29, 1.82) is 0 Å². The Bertz CT molecular complexity index is 655. The number of anilines is 1. The van der Waals surface area contributed by atoms with E-state index in [1.54, 1.807) is 13.1 Å². The Kier molecular flexibility index (Phi) is 8.02. The van der Waals surface area contributed by atoms with Crippen molar-refractivity contribution in [3.05, 3.63) is 6.20 Å². The number of amides is 2. The number of urea groups is 1. The van der Waals surface area contributed by atoms with Crippen LogP contribution in [0.15, 0.2) is 10.4 Å². The van der Waals surface area contributed by atoms with E-state index in [0.29, 0.717) is 23.8 Å². The normalized spacial score (nSPS) is 19.4. The molecule has 1 unspecified atom stereocenters. The van der Waals surface area contributed by atoms with Crippen LogP contribution in [0.4, 0.5) is 9.93 Å². The molecule has 2 saturated carbocycles. The van der Waals surface area contributed by atoms with Crippen molar-refractivity contribution in [2.75, 3.05) is 11.9 Å². The van der Waals surface area contributed by atoms with Crippen LogP contribution in [-0.4, -0.2) is 45.8 Å². The molecule has 2 amide bonds. The SMILES string of the molecule is CCOC(=O)C(C)Sc1cnc(NC(=O)N(C2CCCCCC2)C2CCC2)s1. The lowest BCUT2D eigenvalue weighted by Crippen LogP contribution is -2.51. The molecule has 1 N–H and O–H groups in total. The van der Waals surface area contributed by atoms with Gasteiger partial charge in [-0.2, -0.15) is 0 Å². The van der Waals surface area contributed by atoms with E-state index >= 15 is 0 Å². The van der Waals surface area contributed by atoms with E-state index in [2.05, 4.69) is 15.2 Å². The van der Waals surface area contributed by atoms with Gasteiger partial charge >= 0.3 is 12.0 Å². The van der Waals surface area contributed by atoms with Gasteiger partial charge in [-0.3, -0.25) is 10.1 Å². The van der Waals surface area contributed by atoms with E-state index in [4.69, 9.17) is 4.74 Å². The second-order valence-electron chi connectivity index (χ2n) is 7.56. The summed E-state index contributed by atoms with van der Waals surface area (Å²) in [6.45, 7) is 4.01. The second-order valence-corrected chi connectivity index (χ2v) is 10.2. The molecule has 0 aromatic carbocycles. The number of thioether (sulfide) groups is 1. The van der Waals surface area contributed by atoms with Gasteiger partial charge in [0.15, 0.2) is 5.13 Å². The zero-order chi connectivity index (χ0) is 19.9. The van der Waals surface area contributed by atoms with Gasteiger partial charge in [-0.1, -0.05) is 48.8 Å². The summed E-state index contributed by atoms with van der Waals surface area (Å²) in [7, 11) is 0. The van der Waals surface area contributed by atoms with Crippen LogP contribution in [0.25, 0.3) is 0 Å². The fourth-order valence-electron chi connectivity index (χ4n) is 3.84. The van der Waals surface area contributed by atoms with Crippen molar-refractivity contribution in [3.8, 4) is 0 Å². The molecule has 0 bridgehead atoms. The molecule has 2 fully saturated rings. The van der Waals surface area contributed by atoms with Gasteiger partial charge in [0, 0.05) is 12.1 Å². The first-order valence-electron chi connectivity index (χ1n) is 10.5. The van der Waals surface area contributed by atoms with Crippen LogP contribution in [0.1, 0.15) is 71.6 Å². The van der Waals surface area contributed by atoms with Crippen LogP contribution >= 0.6 is 23.1 Å². The first-order valence-corrected chi connectivity index (χ1v) is 12.2. The number of hydrogen-bond acceptors (Lipinski definition) is 6. The first kappa shape index (κ1) is 21.4. The number of nitrogens with one attached hydrogen (secondary N) is 1. The molecule has 0 radical (unpaired) electrons. The van der Waals surface area contributed by atoms with Gasteiger partial charge in [0.05, 0.1) is 17.0 Å². The maximum Gasteiger partial charge on any atom is 0.324 e. The minimum atomic E-state index is -0.290. The fourth-order valence-corrected chi connectivity index (χ4v) is 5.87. The van der Waals surface area contributed by atoms with Crippen LogP contribution in [0.5, 0.6) is 0 Å². The Morgan fingerprint density at radius 3 is 2.43 bits per heavy atom. The summed E-state index contributed by atoms with van der Waals surface area (Å²) < 4.78 is 5.95. The highest BCUT2D eigenvalue weighted by molar-refractivity contribution is 8.02. The number of carbonyl (C=O) groups excluding carboxylic acids is 2. The van der Waals surface area contributed by atoms with Crippen molar-refractivity contribution in [1.82, 2.24) is 9.88 Å². The largest absolute Gasteiger partial charge is 0.465 e. The molecule has 1 heterocycles. The van der Waals surface area contributed by atoms with Crippen molar-refractivity contribution in [3.63, 3.8) is 0 Å². The Labute approximate surface area is 175 Å². The van der Waals surface area contributed by atoms with Crippen LogP contribution in [0.2, 0.25) is 0 Å². The van der Waals surface area contributed by atoms with Crippen LogP contribution in [0, 0.1) is 0 Å². The number of carbonyl (C=O) groups is 2. The first-order chi connectivity index (χ1) is 13.6. The van der Waals surface area contributed by atoms with Gasteiger partial charge in [0.2, 0.25) is 0 Å². The second kappa shape index (κ2) is 10.5. The van der Waals surface area contributed by atoms with Gasteiger partial charge in [-0.25, -0.2) is 9.78 Å². The molecule has 156 valence electrons. The topological polar surface area (TPSA) is 71.5 Å². The van der Waals surface area contributed by atoms with Crippen molar-refractivity contribution in [2.45, 2.75) is 93.2 Å². The van der Waals surface area contributed by atoms with Crippen LogP contribution in [-0.2, 0) is 9.53 Å². The summed E-state index contributed by atoms with van der Waals surface area (Å²) in [6.07, 6.45) is 12.4. The van der Waals surface area contributed by atoms with E-state index < -0.39 is 0 Å². The lowest BCUT2D eigenvalue weighted by molar-refractivity contribution is -0.142. The summed E-state index contributed by atoms with van der Waals surface area (Å²) in [5.41, 5.74) is 0. The van der Waals surface area contributed by atoms with Crippen LogP contribution < -0.4 is 5.32 Å². The molecule has 3 rings (SSSR count). The highest BCUT2D eigenvalue weighted by Crippen LogP contribution is 2.34. The van der Waals surface area contributed by atoms with E-state index in [1.807, 2.05) is 6.92 Å². The highest BCUT2D eigenvalue weighted by atomic mass is 32.2. The Balaban J connectivity index is 1.60. The zero-order valence-corrected chi connectivity index (χ0v) is 18.4. The average Bonchev–Trinajstić information content (AvgIpc) is 2.89. The minimum absolute atomic E-state index is 0.0130. The Morgan fingerprint density at radius 2 is 1.86 bits per heavy atom. The third kappa shape index (κ3) is 5.63. The average molecular weight is 426 g/mol. The third-order valence-corrected chi connectivity index (χ3v) is 7.66. The Morgan fingerprint density at radius 1 is 1.21 bits per heavy atom. The predicted octanol–water partition coefficient (Wildman–Crippen LogP) is 5.30. The summed E-state index contributed by atoms with van der Waals surface area (Å²) in [5, 5.41) is 3.33. The summed E-state index contributed by atoms with van der Waals surface area (Å²) in [6, 6.07) is 0.715. The molecule has 0 aliphatic heterocycles. The predicted molar refractivity (Wildman–Crippen MR) is 114 cm³/mol. The molecule has 28 heavy (non-hydrogen) atoms. The monoisotopic (exact) mass is 425 g/mol. The maximum atomic E-state index is 13.1.